The van der Waals surface area contributed by atoms with Gasteiger partial charge in [0.2, 0.25) is 0 Å². The molecule has 1 aliphatic carbocycles. The first kappa shape index (κ1) is 25.3. The molecule has 0 heterocycles. The first-order valence-electron chi connectivity index (χ1n) is 11.0. The van der Waals surface area contributed by atoms with Crippen molar-refractivity contribution in [2.24, 2.45) is 11.3 Å². The summed E-state index contributed by atoms with van der Waals surface area (Å²) in [5.74, 6) is -5.72. The van der Waals surface area contributed by atoms with Gasteiger partial charge in [0.1, 0.15) is 17.4 Å². The molecular formula is C27H26N2O6. The van der Waals surface area contributed by atoms with Crippen LogP contribution >= 0.6 is 0 Å². The third-order valence-electron chi connectivity index (χ3n) is 6.33. The van der Waals surface area contributed by atoms with E-state index >= 15 is 0 Å². The molecule has 8 nitrogen and oxygen atoms in total. The maximum absolute atomic E-state index is 13.0. The van der Waals surface area contributed by atoms with Crippen molar-refractivity contribution in [1.82, 2.24) is 0 Å². The number of nitrogens with zero attached hydrogens (tertiary/aromatic N) is 2. The minimum absolute atomic E-state index is 0.322. The standard InChI is InChI=1S/C27H26N2O6/c1-5-35-19-12-10-18(11-13-19)23-21(26(32)34-4)24(30)20(25(31)33-3)22(27(23,14-28)15-29)17-8-6-16(2)7-9-17/h6-13,21-23,30H,5H2,1-4H3/t21-,22+,23-/m1/s1. The second-order valence-corrected chi connectivity index (χ2v) is 8.21. The number of methoxy groups -OCH3 is 2. The lowest BCUT2D eigenvalue weighted by atomic mass is 9.54. The number of aryl methyl sites for hydroxylation is 1. The Kier molecular flexibility index (Phi) is 7.46. The Balaban J connectivity index is 2.42. The number of carbonyl (C=O) groups is 2. The Labute approximate surface area is 204 Å². The predicted molar refractivity (Wildman–Crippen MR) is 125 cm³/mol. The Morgan fingerprint density at radius 1 is 0.971 bits per heavy atom. The lowest BCUT2D eigenvalue weighted by molar-refractivity contribution is -0.147. The number of rotatable bonds is 6. The second kappa shape index (κ2) is 10.3. The lowest BCUT2D eigenvalue weighted by Crippen LogP contribution is -2.47. The topological polar surface area (TPSA) is 130 Å². The van der Waals surface area contributed by atoms with Crippen molar-refractivity contribution in [2.45, 2.75) is 25.7 Å². The third-order valence-corrected chi connectivity index (χ3v) is 6.33. The Bertz CT molecular complexity index is 1200. The van der Waals surface area contributed by atoms with E-state index in [1.807, 2.05) is 13.8 Å². The summed E-state index contributed by atoms with van der Waals surface area (Å²) in [6, 6.07) is 17.7. The van der Waals surface area contributed by atoms with Crippen LogP contribution in [0.3, 0.4) is 0 Å². The van der Waals surface area contributed by atoms with Crippen molar-refractivity contribution in [2.75, 3.05) is 20.8 Å². The smallest absolute Gasteiger partial charge is 0.337 e. The molecule has 0 unspecified atom stereocenters. The van der Waals surface area contributed by atoms with Crippen LogP contribution in [0.4, 0.5) is 0 Å². The van der Waals surface area contributed by atoms with E-state index in [1.54, 1.807) is 48.5 Å². The van der Waals surface area contributed by atoms with Gasteiger partial charge in [-0.2, -0.15) is 10.5 Å². The number of ether oxygens (including phenoxy) is 3. The summed E-state index contributed by atoms with van der Waals surface area (Å²) < 4.78 is 15.4. The lowest BCUT2D eigenvalue weighted by Gasteiger charge is -2.44. The van der Waals surface area contributed by atoms with Gasteiger partial charge in [0.15, 0.2) is 5.41 Å². The molecule has 3 rings (SSSR count). The molecule has 1 aliphatic rings. The second-order valence-electron chi connectivity index (χ2n) is 8.21. The maximum Gasteiger partial charge on any atom is 0.337 e. The number of aliphatic hydroxyl groups excluding tert-OH is 1. The highest BCUT2D eigenvalue weighted by molar-refractivity contribution is 5.94. The first-order valence-corrected chi connectivity index (χ1v) is 11.0. The van der Waals surface area contributed by atoms with Crippen LogP contribution in [-0.4, -0.2) is 37.9 Å². The average molecular weight is 475 g/mol. The zero-order valence-corrected chi connectivity index (χ0v) is 19.9. The minimum Gasteiger partial charge on any atom is -0.511 e. The molecule has 0 amide bonds. The van der Waals surface area contributed by atoms with Crippen LogP contribution in [0, 0.1) is 40.9 Å². The van der Waals surface area contributed by atoms with Gasteiger partial charge in [-0.3, -0.25) is 4.79 Å². The highest BCUT2D eigenvalue weighted by Crippen LogP contribution is 2.59. The van der Waals surface area contributed by atoms with Gasteiger partial charge in [-0.25, -0.2) is 4.79 Å². The SMILES string of the molecule is CCOc1ccc([C@@H]2[C@@H](C(=O)OC)C(O)=C(C(=O)OC)[C@H](c3ccc(C)cc3)C2(C#N)C#N)cc1. The first-order chi connectivity index (χ1) is 16.8. The Morgan fingerprint density at radius 3 is 2.03 bits per heavy atom. The number of hydrogen-bond acceptors (Lipinski definition) is 8. The zero-order chi connectivity index (χ0) is 25.8. The highest BCUT2D eigenvalue weighted by Gasteiger charge is 2.61. The molecule has 0 aromatic heterocycles. The van der Waals surface area contributed by atoms with E-state index in [9.17, 15) is 25.2 Å². The van der Waals surface area contributed by atoms with Crippen LogP contribution in [0.1, 0.15) is 35.4 Å². The van der Waals surface area contributed by atoms with Gasteiger partial charge in [0.05, 0.1) is 44.5 Å². The predicted octanol–water partition coefficient (Wildman–Crippen LogP) is 4.08. The van der Waals surface area contributed by atoms with E-state index < -0.39 is 40.9 Å². The summed E-state index contributed by atoms with van der Waals surface area (Å²) in [5.41, 5.74) is -0.495. The Morgan fingerprint density at radius 2 is 1.54 bits per heavy atom. The third kappa shape index (κ3) is 4.31. The average Bonchev–Trinajstić information content (AvgIpc) is 2.88. The molecule has 0 radical (unpaired) electrons. The van der Waals surface area contributed by atoms with Crippen LogP contribution in [0.5, 0.6) is 5.75 Å². The maximum atomic E-state index is 13.0. The molecule has 8 heteroatoms. The van der Waals surface area contributed by atoms with Gasteiger partial charge in [0, 0.05) is 5.92 Å². The van der Waals surface area contributed by atoms with Crippen molar-refractivity contribution in [3.63, 3.8) is 0 Å². The fourth-order valence-electron chi connectivity index (χ4n) is 4.73. The molecule has 180 valence electrons. The molecule has 0 spiro atoms. The summed E-state index contributed by atoms with van der Waals surface area (Å²) in [6.45, 7) is 4.15. The van der Waals surface area contributed by atoms with Crippen molar-refractivity contribution < 1.29 is 28.9 Å². The summed E-state index contributed by atoms with van der Waals surface area (Å²) in [7, 11) is 2.26. The fourth-order valence-corrected chi connectivity index (χ4v) is 4.73. The van der Waals surface area contributed by atoms with E-state index in [1.165, 1.54) is 0 Å². The van der Waals surface area contributed by atoms with E-state index in [0.717, 1.165) is 19.8 Å². The highest BCUT2D eigenvalue weighted by atomic mass is 16.5. The summed E-state index contributed by atoms with van der Waals surface area (Å²) in [6.07, 6.45) is 0. The molecule has 0 fully saturated rings. The van der Waals surface area contributed by atoms with Gasteiger partial charge in [-0.05, 0) is 37.1 Å². The number of aliphatic hydroxyl groups is 1. The summed E-state index contributed by atoms with van der Waals surface area (Å²) in [4.78, 5) is 25.9. The molecule has 0 bridgehead atoms. The quantitative estimate of drug-likeness (QED) is 0.620. The van der Waals surface area contributed by atoms with E-state index in [4.69, 9.17) is 14.2 Å². The van der Waals surface area contributed by atoms with Crippen molar-refractivity contribution in [3.8, 4) is 17.9 Å². The van der Waals surface area contributed by atoms with E-state index in [0.29, 0.717) is 23.5 Å². The minimum atomic E-state index is -1.98. The van der Waals surface area contributed by atoms with E-state index in [2.05, 4.69) is 12.1 Å². The molecule has 2 aromatic rings. The van der Waals surface area contributed by atoms with Crippen molar-refractivity contribution >= 4 is 11.9 Å². The van der Waals surface area contributed by atoms with Crippen LogP contribution in [0.25, 0.3) is 0 Å². The molecular weight excluding hydrogens is 448 g/mol. The van der Waals surface area contributed by atoms with Crippen LogP contribution in [0.15, 0.2) is 59.9 Å². The molecule has 0 saturated carbocycles. The number of hydrogen-bond donors (Lipinski definition) is 1. The van der Waals surface area contributed by atoms with Crippen LogP contribution < -0.4 is 4.74 Å². The summed E-state index contributed by atoms with van der Waals surface area (Å²) in [5, 5.41) is 32.4. The molecule has 2 aromatic carbocycles. The normalized spacial score (nSPS) is 20.8. The molecule has 35 heavy (non-hydrogen) atoms. The number of carbonyl (C=O) groups excluding carboxylic acids is 2. The van der Waals surface area contributed by atoms with Gasteiger partial charge in [-0.15, -0.1) is 0 Å². The molecule has 0 saturated heterocycles. The van der Waals surface area contributed by atoms with Gasteiger partial charge < -0.3 is 19.3 Å². The monoisotopic (exact) mass is 474 g/mol. The van der Waals surface area contributed by atoms with Crippen molar-refractivity contribution in [3.05, 3.63) is 76.6 Å². The Hall–Kier alpha value is -4.30. The number of esters is 2. The fraction of sp³-hybridized carbons (Fsp3) is 0.333. The van der Waals surface area contributed by atoms with E-state index in [-0.39, 0.29) is 5.57 Å². The largest absolute Gasteiger partial charge is 0.511 e. The number of nitriles is 2. The van der Waals surface area contributed by atoms with Crippen molar-refractivity contribution in [1.29, 1.82) is 10.5 Å². The van der Waals surface area contributed by atoms with Gasteiger partial charge in [0.25, 0.3) is 0 Å². The van der Waals surface area contributed by atoms with Gasteiger partial charge >= 0.3 is 11.9 Å². The van der Waals surface area contributed by atoms with Crippen LogP contribution in [0.2, 0.25) is 0 Å². The molecule has 3 atom stereocenters. The molecule has 1 N–H and O–H groups in total. The summed E-state index contributed by atoms with van der Waals surface area (Å²) >= 11 is 0. The van der Waals surface area contributed by atoms with Gasteiger partial charge in [-0.1, -0.05) is 42.0 Å². The molecule has 0 aliphatic heterocycles. The van der Waals surface area contributed by atoms with Crippen LogP contribution in [-0.2, 0) is 19.1 Å². The zero-order valence-electron chi connectivity index (χ0n) is 19.9. The number of benzene rings is 2.